The first kappa shape index (κ1) is 10.8. The third kappa shape index (κ3) is 1.84. The molecule has 0 spiro atoms. The van der Waals surface area contributed by atoms with Gasteiger partial charge in [-0.05, 0) is 0 Å². The van der Waals surface area contributed by atoms with E-state index in [9.17, 15) is 0 Å². The number of benzene rings is 1. The van der Waals surface area contributed by atoms with E-state index in [1.165, 1.54) is 18.7 Å². The average Bonchev–Trinajstić information content (AvgIpc) is 2.69. The molecule has 1 aromatic carbocycles. The minimum absolute atomic E-state index is 0.451. The van der Waals surface area contributed by atoms with Crippen molar-refractivity contribution in [3.05, 3.63) is 28.7 Å². The van der Waals surface area contributed by atoms with Crippen molar-refractivity contribution >= 4 is 44.6 Å². The van der Waals surface area contributed by atoms with E-state index in [4.69, 9.17) is 4.74 Å². The molecular weight excluding hydrogens is 333 g/mol. The molecule has 2 heterocycles. The summed E-state index contributed by atoms with van der Waals surface area (Å²) in [6.45, 7) is 3.77. The summed E-state index contributed by atoms with van der Waals surface area (Å²) in [5.41, 5.74) is 0. The van der Waals surface area contributed by atoms with Crippen LogP contribution in [0.5, 0.6) is 0 Å². The number of anilines is 1. The van der Waals surface area contributed by atoms with Crippen molar-refractivity contribution in [3.63, 3.8) is 0 Å². The van der Waals surface area contributed by atoms with Crippen molar-refractivity contribution in [2.24, 2.45) is 0 Å². The Balaban J connectivity index is 2.05. The van der Waals surface area contributed by atoms with Crippen LogP contribution < -0.4 is 4.90 Å². The molecule has 3 rings (SSSR count). The molecule has 0 atom stereocenters. The number of hydrogen-bond acceptors (Lipinski definition) is 2. The van der Waals surface area contributed by atoms with Gasteiger partial charge < -0.3 is 0 Å². The molecule has 2 nitrogen and oxygen atoms in total. The van der Waals surface area contributed by atoms with Gasteiger partial charge in [-0.1, -0.05) is 0 Å². The molecule has 0 aliphatic carbocycles. The first-order valence-corrected chi connectivity index (χ1v) is 7.86. The fraction of sp³-hybridized carbons (Fsp3) is 0.333. The number of morpholine rings is 1. The van der Waals surface area contributed by atoms with Gasteiger partial charge in [0.15, 0.2) is 0 Å². The summed E-state index contributed by atoms with van der Waals surface area (Å²) in [5.74, 6) is 0. The van der Waals surface area contributed by atoms with Gasteiger partial charge in [0.1, 0.15) is 0 Å². The fourth-order valence-corrected chi connectivity index (χ4v) is 5.69. The summed E-state index contributed by atoms with van der Waals surface area (Å²) in [4.78, 5) is 2.47. The van der Waals surface area contributed by atoms with E-state index < -0.39 is 0 Å². The Kier molecular flexibility index (Phi) is 3.07. The van der Waals surface area contributed by atoms with Crippen molar-refractivity contribution in [2.45, 2.75) is 0 Å². The molecule has 1 aliphatic heterocycles. The number of nitrogens with zero attached hydrogens (tertiary/aromatic N) is 1. The van der Waals surface area contributed by atoms with E-state index in [1.807, 2.05) is 0 Å². The molecule has 1 fully saturated rings. The zero-order chi connectivity index (χ0) is 11.0. The summed E-state index contributed by atoms with van der Waals surface area (Å²) in [5, 5.41) is 1.38. The Bertz CT molecular complexity index is 505. The van der Waals surface area contributed by atoms with Crippen LogP contribution in [0, 0.1) is 0 Å². The van der Waals surface area contributed by atoms with Gasteiger partial charge in [-0.25, -0.2) is 0 Å². The van der Waals surface area contributed by atoms with E-state index in [0.717, 1.165) is 26.3 Å². The van der Waals surface area contributed by atoms with Crippen molar-refractivity contribution in [3.8, 4) is 0 Å². The second-order valence-electron chi connectivity index (χ2n) is 3.82. The van der Waals surface area contributed by atoms with Crippen LogP contribution in [0.4, 0.5) is 4.56 Å². The maximum absolute atomic E-state index is 5.40. The SMILES string of the molecule is Brc1c(N2CCOCC2)[se]c2ccccc12. The summed E-state index contributed by atoms with van der Waals surface area (Å²) in [7, 11) is 0. The van der Waals surface area contributed by atoms with Crippen molar-refractivity contribution in [1.82, 2.24) is 0 Å². The second kappa shape index (κ2) is 4.53. The molecule has 1 aliphatic rings. The first-order chi connectivity index (χ1) is 7.86. The Morgan fingerprint density at radius 3 is 2.69 bits per heavy atom. The summed E-state index contributed by atoms with van der Waals surface area (Å²) >= 11 is 4.20. The molecule has 2 aromatic rings. The van der Waals surface area contributed by atoms with Gasteiger partial charge in [0.05, 0.1) is 0 Å². The normalized spacial score (nSPS) is 16.9. The number of hydrogen-bond donors (Lipinski definition) is 0. The van der Waals surface area contributed by atoms with Gasteiger partial charge in [0.2, 0.25) is 0 Å². The third-order valence-electron chi connectivity index (χ3n) is 2.82. The zero-order valence-electron chi connectivity index (χ0n) is 8.78. The molecule has 0 saturated carbocycles. The maximum atomic E-state index is 5.40. The zero-order valence-corrected chi connectivity index (χ0v) is 12.1. The summed E-state index contributed by atoms with van der Waals surface area (Å²) < 4.78 is 9.67. The average molecular weight is 345 g/mol. The standard InChI is InChI=1S/C12H12BrNOSe/c13-11-9-3-1-2-4-10(9)16-12(11)14-5-7-15-8-6-14/h1-4H,5-8H2. The molecule has 16 heavy (non-hydrogen) atoms. The number of rotatable bonds is 1. The van der Waals surface area contributed by atoms with Crippen LogP contribution in [0.15, 0.2) is 28.7 Å². The summed E-state index contributed by atoms with van der Waals surface area (Å²) in [6, 6.07) is 8.68. The summed E-state index contributed by atoms with van der Waals surface area (Å²) in [6.07, 6.45) is 0. The van der Waals surface area contributed by atoms with Crippen LogP contribution >= 0.6 is 15.9 Å². The monoisotopic (exact) mass is 345 g/mol. The van der Waals surface area contributed by atoms with E-state index in [0.29, 0.717) is 14.5 Å². The second-order valence-corrected chi connectivity index (χ2v) is 6.77. The molecule has 0 N–H and O–H groups in total. The Labute approximate surface area is 109 Å². The van der Waals surface area contributed by atoms with Gasteiger partial charge in [-0.3, -0.25) is 0 Å². The number of ether oxygens (including phenoxy) is 1. The van der Waals surface area contributed by atoms with Gasteiger partial charge in [0.25, 0.3) is 0 Å². The van der Waals surface area contributed by atoms with Crippen LogP contribution in [-0.2, 0) is 4.74 Å². The first-order valence-electron chi connectivity index (χ1n) is 5.36. The molecule has 84 valence electrons. The van der Waals surface area contributed by atoms with E-state index in [1.54, 1.807) is 0 Å². The third-order valence-corrected chi connectivity index (χ3v) is 6.79. The van der Waals surface area contributed by atoms with Gasteiger partial charge in [-0.15, -0.1) is 0 Å². The Morgan fingerprint density at radius 2 is 1.94 bits per heavy atom. The molecule has 0 bridgehead atoms. The predicted octanol–water partition coefficient (Wildman–Crippen LogP) is 2.50. The van der Waals surface area contributed by atoms with E-state index in [2.05, 4.69) is 45.1 Å². The molecule has 1 aromatic heterocycles. The predicted molar refractivity (Wildman–Crippen MR) is 71.6 cm³/mol. The van der Waals surface area contributed by atoms with E-state index >= 15 is 0 Å². The number of fused-ring (bicyclic) bond motifs is 1. The number of halogens is 1. The Morgan fingerprint density at radius 1 is 1.19 bits per heavy atom. The molecule has 1 saturated heterocycles. The minimum atomic E-state index is 0.451. The van der Waals surface area contributed by atoms with Gasteiger partial charge in [0, 0.05) is 0 Å². The van der Waals surface area contributed by atoms with E-state index in [-0.39, 0.29) is 0 Å². The Hall–Kier alpha value is -0.281. The molecule has 0 unspecified atom stereocenters. The molecule has 0 radical (unpaired) electrons. The van der Waals surface area contributed by atoms with Crippen molar-refractivity contribution < 1.29 is 4.74 Å². The van der Waals surface area contributed by atoms with Crippen LogP contribution in [0.3, 0.4) is 0 Å². The molecular formula is C12H12BrNOSe. The van der Waals surface area contributed by atoms with Crippen molar-refractivity contribution in [1.29, 1.82) is 0 Å². The van der Waals surface area contributed by atoms with Crippen LogP contribution in [0.1, 0.15) is 0 Å². The fourth-order valence-electron chi connectivity index (χ4n) is 1.97. The van der Waals surface area contributed by atoms with Gasteiger partial charge in [-0.2, -0.15) is 0 Å². The van der Waals surface area contributed by atoms with Crippen LogP contribution in [-0.4, -0.2) is 40.8 Å². The van der Waals surface area contributed by atoms with Crippen molar-refractivity contribution in [2.75, 3.05) is 31.2 Å². The van der Waals surface area contributed by atoms with Crippen LogP contribution in [0.25, 0.3) is 9.65 Å². The van der Waals surface area contributed by atoms with Crippen LogP contribution in [0.2, 0.25) is 0 Å². The van der Waals surface area contributed by atoms with Gasteiger partial charge >= 0.3 is 109 Å². The molecule has 0 amide bonds. The quantitative estimate of drug-likeness (QED) is 0.737. The topological polar surface area (TPSA) is 12.5 Å². The molecule has 4 heteroatoms.